The first-order valence-electron chi connectivity index (χ1n) is 4.86. The van der Waals surface area contributed by atoms with Gasteiger partial charge in [0.2, 0.25) is 5.91 Å². The summed E-state index contributed by atoms with van der Waals surface area (Å²) in [4.78, 5) is 12.2. The van der Waals surface area contributed by atoms with Gasteiger partial charge in [0, 0.05) is 4.88 Å². The topological polar surface area (TPSA) is 55.1 Å². The highest BCUT2D eigenvalue weighted by Crippen LogP contribution is 2.29. The summed E-state index contributed by atoms with van der Waals surface area (Å²) in [6, 6.07) is 3.00. The first-order valence-corrected chi connectivity index (χ1v) is 5.74. The molecule has 0 aliphatic carbocycles. The van der Waals surface area contributed by atoms with E-state index in [-0.39, 0.29) is 0 Å². The smallest absolute Gasteiger partial charge is 0.347 e. The van der Waals surface area contributed by atoms with Crippen molar-refractivity contribution in [3.63, 3.8) is 0 Å². The Labute approximate surface area is 101 Å². The third-order valence-corrected chi connectivity index (χ3v) is 3.43. The molecule has 1 amide bonds. The van der Waals surface area contributed by atoms with Gasteiger partial charge in [-0.3, -0.25) is 4.79 Å². The van der Waals surface area contributed by atoms with Crippen LogP contribution in [0.5, 0.6) is 0 Å². The van der Waals surface area contributed by atoms with Gasteiger partial charge in [-0.25, -0.2) is 0 Å². The molecule has 0 spiro atoms. The van der Waals surface area contributed by atoms with Gasteiger partial charge in [0.05, 0.1) is 6.04 Å². The second-order valence-corrected chi connectivity index (χ2v) is 4.89. The van der Waals surface area contributed by atoms with Crippen molar-refractivity contribution in [1.82, 2.24) is 5.32 Å². The lowest BCUT2D eigenvalue weighted by molar-refractivity contribution is -0.187. The van der Waals surface area contributed by atoms with Crippen LogP contribution in [-0.4, -0.2) is 17.6 Å². The molecule has 0 aromatic carbocycles. The van der Waals surface area contributed by atoms with E-state index in [0.29, 0.717) is 6.92 Å². The summed E-state index contributed by atoms with van der Waals surface area (Å²) in [5.41, 5.74) is 2.13. The Bertz CT molecular complexity index is 387. The first kappa shape index (κ1) is 14.0. The van der Waals surface area contributed by atoms with E-state index < -0.39 is 23.7 Å². The number of nitrogens with two attached hydrogens (primary N) is 1. The molecule has 0 saturated carbocycles. The molecule has 3 nitrogen and oxygen atoms in total. The van der Waals surface area contributed by atoms with E-state index in [1.165, 1.54) is 11.3 Å². The molecular formula is C10H13F3N2OS. The molecule has 1 aromatic heterocycles. The van der Waals surface area contributed by atoms with Crippen LogP contribution in [0.15, 0.2) is 17.5 Å². The first-order chi connectivity index (χ1) is 7.66. The van der Waals surface area contributed by atoms with E-state index in [0.717, 1.165) is 4.88 Å². The van der Waals surface area contributed by atoms with E-state index >= 15 is 0 Å². The molecule has 17 heavy (non-hydrogen) atoms. The van der Waals surface area contributed by atoms with Crippen LogP contribution in [0.25, 0.3) is 0 Å². The average molecular weight is 266 g/mol. The van der Waals surface area contributed by atoms with Gasteiger partial charge in [0.1, 0.15) is 0 Å². The van der Waals surface area contributed by atoms with Crippen LogP contribution in [-0.2, 0) is 4.79 Å². The molecule has 1 rings (SSSR count). The van der Waals surface area contributed by atoms with E-state index in [9.17, 15) is 18.0 Å². The van der Waals surface area contributed by atoms with Gasteiger partial charge in [-0.1, -0.05) is 6.07 Å². The van der Waals surface area contributed by atoms with Crippen LogP contribution < -0.4 is 11.1 Å². The fraction of sp³-hybridized carbons (Fsp3) is 0.500. The van der Waals surface area contributed by atoms with Gasteiger partial charge in [-0.15, -0.1) is 11.3 Å². The van der Waals surface area contributed by atoms with Crippen LogP contribution in [0.2, 0.25) is 0 Å². The molecule has 3 N–H and O–H groups in total. The molecule has 96 valence electrons. The standard InChI is InChI=1S/C10H13F3N2OS/c1-6(7-4-3-5-17-7)15-8(16)9(2,14)10(11,12)13/h3-6H,14H2,1-2H3,(H,15,16). The second kappa shape index (κ2) is 4.66. The van der Waals surface area contributed by atoms with Crippen molar-refractivity contribution in [3.05, 3.63) is 22.4 Å². The normalized spacial score (nSPS) is 17.3. The fourth-order valence-corrected chi connectivity index (χ4v) is 1.82. The lowest BCUT2D eigenvalue weighted by atomic mass is 10.0. The van der Waals surface area contributed by atoms with Crippen molar-refractivity contribution in [2.75, 3.05) is 0 Å². The van der Waals surface area contributed by atoms with Crippen molar-refractivity contribution in [3.8, 4) is 0 Å². The van der Waals surface area contributed by atoms with E-state index in [2.05, 4.69) is 5.32 Å². The molecule has 1 heterocycles. The summed E-state index contributed by atoms with van der Waals surface area (Å²) >= 11 is 1.35. The summed E-state index contributed by atoms with van der Waals surface area (Å²) in [5, 5.41) is 4.04. The zero-order valence-electron chi connectivity index (χ0n) is 9.34. The van der Waals surface area contributed by atoms with Crippen molar-refractivity contribution in [1.29, 1.82) is 0 Å². The van der Waals surface area contributed by atoms with Gasteiger partial charge < -0.3 is 11.1 Å². The minimum atomic E-state index is -4.77. The Morgan fingerprint density at radius 3 is 2.53 bits per heavy atom. The summed E-state index contributed by atoms with van der Waals surface area (Å²) in [6.07, 6.45) is -4.77. The van der Waals surface area contributed by atoms with Crippen LogP contribution in [0.3, 0.4) is 0 Å². The maximum Gasteiger partial charge on any atom is 0.415 e. The number of nitrogens with one attached hydrogen (secondary N) is 1. The fourth-order valence-electron chi connectivity index (χ4n) is 1.08. The zero-order valence-corrected chi connectivity index (χ0v) is 10.2. The number of halogens is 3. The van der Waals surface area contributed by atoms with Crippen LogP contribution in [0.1, 0.15) is 24.8 Å². The van der Waals surface area contributed by atoms with Crippen molar-refractivity contribution < 1.29 is 18.0 Å². The zero-order chi connectivity index (χ0) is 13.3. The van der Waals surface area contributed by atoms with Crippen LogP contribution in [0, 0.1) is 0 Å². The number of hydrogen-bond donors (Lipinski definition) is 2. The summed E-state index contributed by atoms with van der Waals surface area (Å²) in [7, 11) is 0. The highest BCUT2D eigenvalue weighted by Gasteiger charge is 2.54. The highest BCUT2D eigenvalue weighted by atomic mass is 32.1. The molecule has 0 saturated heterocycles. The Kier molecular flexibility index (Phi) is 3.83. The van der Waals surface area contributed by atoms with Crippen LogP contribution >= 0.6 is 11.3 Å². The Balaban J connectivity index is 2.73. The number of alkyl halides is 3. The average Bonchev–Trinajstić information content (AvgIpc) is 2.68. The third kappa shape index (κ3) is 2.98. The van der Waals surface area contributed by atoms with Gasteiger partial charge in [-0.05, 0) is 25.3 Å². The second-order valence-electron chi connectivity index (χ2n) is 3.91. The highest BCUT2D eigenvalue weighted by molar-refractivity contribution is 7.10. The molecule has 1 aromatic rings. The number of thiophene rings is 1. The third-order valence-electron chi connectivity index (χ3n) is 2.38. The monoisotopic (exact) mass is 266 g/mol. The minimum absolute atomic E-state index is 0.493. The lowest BCUT2D eigenvalue weighted by Gasteiger charge is -2.27. The molecular weight excluding hydrogens is 253 g/mol. The Morgan fingerprint density at radius 2 is 2.12 bits per heavy atom. The summed E-state index contributed by atoms with van der Waals surface area (Å²) < 4.78 is 37.5. The minimum Gasteiger partial charge on any atom is -0.347 e. The number of rotatable bonds is 3. The number of carbonyl (C=O) groups excluding carboxylic acids is 1. The van der Waals surface area contributed by atoms with Crippen molar-refractivity contribution >= 4 is 17.2 Å². The van der Waals surface area contributed by atoms with Gasteiger partial charge >= 0.3 is 6.18 Å². The molecule has 7 heteroatoms. The van der Waals surface area contributed by atoms with E-state index in [4.69, 9.17) is 5.73 Å². The van der Waals surface area contributed by atoms with E-state index in [1.807, 2.05) is 0 Å². The molecule has 0 aliphatic rings. The number of hydrogen-bond acceptors (Lipinski definition) is 3. The summed E-state index contributed by atoms with van der Waals surface area (Å²) in [6.45, 7) is 2.26. The maximum atomic E-state index is 12.5. The van der Waals surface area contributed by atoms with E-state index in [1.54, 1.807) is 24.4 Å². The molecule has 0 aliphatic heterocycles. The Hall–Kier alpha value is -1.08. The molecule has 0 fully saturated rings. The number of carbonyl (C=O) groups is 1. The largest absolute Gasteiger partial charge is 0.415 e. The Morgan fingerprint density at radius 1 is 1.53 bits per heavy atom. The predicted octanol–water partition coefficient (Wildman–Crippen LogP) is 2.21. The summed E-state index contributed by atoms with van der Waals surface area (Å²) in [5.74, 6) is -1.23. The van der Waals surface area contributed by atoms with Crippen LogP contribution in [0.4, 0.5) is 13.2 Å². The van der Waals surface area contributed by atoms with Gasteiger partial charge in [-0.2, -0.15) is 13.2 Å². The SMILES string of the molecule is CC(NC(=O)C(C)(N)C(F)(F)F)c1cccs1. The molecule has 0 bridgehead atoms. The number of amides is 1. The predicted molar refractivity (Wildman–Crippen MR) is 59.5 cm³/mol. The van der Waals surface area contributed by atoms with Crippen molar-refractivity contribution in [2.45, 2.75) is 31.6 Å². The maximum absolute atomic E-state index is 12.5. The lowest BCUT2D eigenvalue weighted by Crippen LogP contribution is -2.61. The molecule has 2 atom stereocenters. The quantitative estimate of drug-likeness (QED) is 0.881. The van der Waals surface area contributed by atoms with Crippen molar-refractivity contribution in [2.24, 2.45) is 5.73 Å². The molecule has 2 unspecified atom stereocenters. The van der Waals surface area contributed by atoms with Gasteiger partial charge in [0.15, 0.2) is 5.54 Å². The van der Waals surface area contributed by atoms with Gasteiger partial charge in [0.25, 0.3) is 0 Å². The molecule has 0 radical (unpaired) electrons.